The fourth-order valence-corrected chi connectivity index (χ4v) is 4.23. The average molecular weight is 555 g/mol. The molecule has 2 aliphatic rings. The lowest BCUT2D eigenvalue weighted by molar-refractivity contribution is -0.281. The van der Waals surface area contributed by atoms with Gasteiger partial charge in [0.1, 0.15) is 30.7 Å². The first-order valence-electron chi connectivity index (χ1n) is 12.6. The number of allylic oxidation sites excluding steroid dienone is 1. The lowest BCUT2D eigenvalue weighted by Gasteiger charge is -2.41. The zero-order chi connectivity index (χ0) is 28.7. The highest BCUT2D eigenvalue weighted by molar-refractivity contribution is 6.09. The topological polar surface area (TPSA) is 169 Å². The van der Waals surface area contributed by atoms with Crippen LogP contribution < -0.4 is 4.74 Å². The fourth-order valence-electron chi connectivity index (χ4n) is 4.23. The van der Waals surface area contributed by atoms with Crippen molar-refractivity contribution in [2.45, 2.75) is 55.8 Å². The van der Waals surface area contributed by atoms with Crippen LogP contribution in [-0.4, -0.2) is 81.1 Å². The van der Waals surface area contributed by atoms with Gasteiger partial charge < -0.3 is 39.4 Å². The number of benzene rings is 2. The number of hydrogen-bond donors (Lipinski definition) is 4. The van der Waals surface area contributed by atoms with Crippen LogP contribution in [-0.2, 0) is 35.2 Å². The molecule has 11 nitrogen and oxygen atoms in total. The summed E-state index contributed by atoms with van der Waals surface area (Å²) in [5.41, 5.74) is -1.35. The Morgan fingerprint density at radius 3 is 2.50 bits per heavy atom. The van der Waals surface area contributed by atoms with Crippen LogP contribution in [0.5, 0.6) is 5.75 Å². The number of aliphatic hydroxyl groups is 4. The summed E-state index contributed by atoms with van der Waals surface area (Å²) >= 11 is 0. The van der Waals surface area contributed by atoms with Crippen molar-refractivity contribution in [3.63, 3.8) is 0 Å². The minimum Gasteiger partial charge on any atom is -0.460 e. The number of carbonyl (C=O) groups excluding carboxylic acids is 3. The van der Waals surface area contributed by atoms with E-state index in [1.807, 2.05) is 6.07 Å². The molecule has 0 saturated carbocycles. The molecule has 1 aliphatic heterocycles. The van der Waals surface area contributed by atoms with Gasteiger partial charge >= 0.3 is 11.9 Å². The number of aliphatic hydroxyl groups excluding tert-OH is 3. The van der Waals surface area contributed by atoms with Gasteiger partial charge in [-0.15, -0.1) is 0 Å². The Balaban J connectivity index is 1.50. The second-order valence-electron chi connectivity index (χ2n) is 9.28. The number of ketones is 1. The monoisotopic (exact) mass is 554 g/mol. The standard InChI is InChI=1S/C29H30O11/c30-16-21-24(33)25(34)26(40-23(32)14-13-18-8-2-1-3-9-18)27(39-21)38-20-11-5-4-10-19(20)17-37-28(35)29(36)15-7-6-12-22(29)31/h1-5,7-11,13-15,21,24-27,30,33-34,36H,6,12,16-17H2/b14-13-/t21-,24-,25+,26-,27-,29?/m1/s1. The number of para-hydroxylation sites is 1. The first kappa shape index (κ1) is 29.1. The van der Waals surface area contributed by atoms with E-state index in [4.69, 9.17) is 18.9 Å². The zero-order valence-corrected chi connectivity index (χ0v) is 21.4. The highest BCUT2D eigenvalue weighted by Gasteiger charge is 2.48. The van der Waals surface area contributed by atoms with Crippen LogP contribution >= 0.6 is 0 Å². The molecule has 1 unspecified atom stereocenters. The first-order chi connectivity index (χ1) is 19.2. The molecule has 4 N–H and O–H groups in total. The van der Waals surface area contributed by atoms with Gasteiger partial charge in [0.05, 0.1) is 6.61 Å². The highest BCUT2D eigenvalue weighted by Crippen LogP contribution is 2.29. The maximum absolute atomic E-state index is 12.6. The largest absolute Gasteiger partial charge is 0.460 e. The predicted octanol–water partition coefficient (Wildman–Crippen LogP) is 0.823. The number of esters is 2. The van der Waals surface area contributed by atoms with E-state index < -0.39 is 67.2 Å². The summed E-state index contributed by atoms with van der Waals surface area (Å²) in [6.45, 7) is -1.06. The molecule has 11 heteroatoms. The van der Waals surface area contributed by atoms with Gasteiger partial charge in [-0.3, -0.25) is 4.79 Å². The fraction of sp³-hybridized carbons (Fsp3) is 0.345. The van der Waals surface area contributed by atoms with Crippen molar-refractivity contribution in [2.75, 3.05) is 6.61 Å². The highest BCUT2D eigenvalue weighted by atomic mass is 16.7. The van der Waals surface area contributed by atoms with E-state index in [9.17, 15) is 34.8 Å². The SMILES string of the molecule is O=C(/C=C\c1ccccc1)O[C@H]1[C@H](Oc2ccccc2COC(=O)C2(O)C=CCCC2=O)O[C@H](CO)[C@@H](O)[C@@H]1O. The summed E-state index contributed by atoms with van der Waals surface area (Å²) in [5.74, 6) is -2.57. The van der Waals surface area contributed by atoms with Crippen molar-refractivity contribution < 1.29 is 53.8 Å². The Morgan fingerprint density at radius 2 is 1.77 bits per heavy atom. The van der Waals surface area contributed by atoms with Crippen molar-refractivity contribution in [1.82, 2.24) is 0 Å². The third-order valence-corrected chi connectivity index (χ3v) is 6.50. The van der Waals surface area contributed by atoms with Crippen molar-refractivity contribution in [2.24, 2.45) is 0 Å². The number of hydrogen-bond acceptors (Lipinski definition) is 11. The molecule has 0 aromatic heterocycles. The van der Waals surface area contributed by atoms with Crippen LogP contribution in [0.2, 0.25) is 0 Å². The molecule has 2 aromatic rings. The second kappa shape index (κ2) is 13.0. The number of carbonyl (C=O) groups is 3. The van der Waals surface area contributed by atoms with E-state index in [2.05, 4.69) is 0 Å². The van der Waals surface area contributed by atoms with Crippen molar-refractivity contribution in [1.29, 1.82) is 0 Å². The Kier molecular flexibility index (Phi) is 9.46. The van der Waals surface area contributed by atoms with Crippen LogP contribution in [0, 0.1) is 0 Å². The molecule has 6 atom stereocenters. The molecule has 1 fully saturated rings. The Labute approximate surface area is 229 Å². The van der Waals surface area contributed by atoms with Crippen LogP contribution in [0.25, 0.3) is 6.08 Å². The third-order valence-electron chi connectivity index (χ3n) is 6.50. The molecule has 0 radical (unpaired) electrons. The molecule has 0 spiro atoms. The van der Waals surface area contributed by atoms with Gasteiger partial charge in [0.15, 0.2) is 11.9 Å². The normalized spacial score (nSPS) is 28.3. The third kappa shape index (κ3) is 6.64. The van der Waals surface area contributed by atoms with Gasteiger partial charge in [-0.1, -0.05) is 54.6 Å². The van der Waals surface area contributed by atoms with Gasteiger partial charge in [-0.25, -0.2) is 9.59 Å². The summed E-state index contributed by atoms with van der Waals surface area (Å²) in [5, 5.41) is 41.2. The van der Waals surface area contributed by atoms with Crippen LogP contribution in [0.15, 0.2) is 72.8 Å². The summed E-state index contributed by atoms with van der Waals surface area (Å²) in [6.07, 6.45) is -1.81. The summed E-state index contributed by atoms with van der Waals surface area (Å²) < 4.78 is 22.1. The van der Waals surface area contributed by atoms with Gasteiger partial charge in [0, 0.05) is 18.1 Å². The van der Waals surface area contributed by atoms with Gasteiger partial charge in [-0.05, 0) is 30.2 Å². The number of rotatable bonds is 9. The van der Waals surface area contributed by atoms with E-state index in [0.29, 0.717) is 12.0 Å². The average Bonchev–Trinajstić information content (AvgIpc) is 2.97. The number of ether oxygens (including phenoxy) is 4. The molecule has 40 heavy (non-hydrogen) atoms. The Bertz CT molecular complexity index is 1260. The second-order valence-corrected chi connectivity index (χ2v) is 9.28. The van der Waals surface area contributed by atoms with Crippen molar-refractivity contribution in [3.8, 4) is 5.75 Å². The Hall–Kier alpha value is -3.87. The van der Waals surface area contributed by atoms with Crippen molar-refractivity contribution >= 4 is 23.8 Å². The molecule has 0 amide bonds. The molecule has 1 aliphatic carbocycles. The number of Topliss-reactive ketones (excluding diaryl/α,β-unsaturated/α-hetero) is 1. The first-order valence-corrected chi connectivity index (χ1v) is 12.6. The predicted molar refractivity (Wildman–Crippen MR) is 138 cm³/mol. The van der Waals surface area contributed by atoms with E-state index in [1.165, 1.54) is 18.2 Å². The van der Waals surface area contributed by atoms with Crippen LogP contribution in [0.4, 0.5) is 0 Å². The molecule has 1 heterocycles. The smallest absolute Gasteiger partial charge is 0.350 e. The lowest BCUT2D eigenvalue weighted by Crippen LogP contribution is -2.61. The molecule has 212 valence electrons. The maximum atomic E-state index is 12.6. The molecular formula is C29H30O11. The zero-order valence-electron chi connectivity index (χ0n) is 21.4. The molecular weight excluding hydrogens is 524 g/mol. The van der Waals surface area contributed by atoms with Crippen molar-refractivity contribution in [3.05, 3.63) is 84.0 Å². The molecule has 4 rings (SSSR count). The Morgan fingerprint density at radius 1 is 1.05 bits per heavy atom. The van der Waals surface area contributed by atoms with E-state index in [-0.39, 0.29) is 12.2 Å². The molecule has 2 aromatic carbocycles. The minimum absolute atomic E-state index is 0.00165. The van der Waals surface area contributed by atoms with Crippen LogP contribution in [0.3, 0.4) is 0 Å². The molecule has 0 bridgehead atoms. The summed E-state index contributed by atoms with van der Waals surface area (Å²) in [7, 11) is 0. The minimum atomic E-state index is -2.37. The summed E-state index contributed by atoms with van der Waals surface area (Å²) in [6, 6.07) is 15.2. The van der Waals surface area contributed by atoms with Gasteiger partial charge in [-0.2, -0.15) is 0 Å². The van der Waals surface area contributed by atoms with E-state index in [1.54, 1.807) is 42.5 Å². The quantitative estimate of drug-likeness (QED) is 0.150. The van der Waals surface area contributed by atoms with Crippen LogP contribution in [0.1, 0.15) is 24.0 Å². The van der Waals surface area contributed by atoms with E-state index >= 15 is 0 Å². The van der Waals surface area contributed by atoms with Gasteiger partial charge in [0.25, 0.3) is 0 Å². The van der Waals surface area contributed by atoms with E-state index in [0.717, 1.165) is 17.7 Å². The molecule has 1 saturated heterocycles. The maximum Gasteiger partial charge on any atom is 0.350 e. The lowest BCUT2D eigenvalue weighted by atomic mass is 9.90. The summed E-state index contributed by atoms with van der Waals surface area (Å²) in [4.78, 5) is 37.2. The van der Waals surface area contributed by atoms with Gasteiger partial charge in [0.2, 0.25) is 11.9 Å².